The molecule has 144 valence electrons. The topological polar surface area (TPSA) is 97.4 Å². The highest BCUT2D eigenvalue weighted by atomic mass is 16.6. The lowest BCUT2D eigenvalue weighted by Gasteiger charge is -2.06. The molecule has 0 N–H and O–H groups in total. The van der Waals surface area contributed by atoms with E-state index in [9.17, 15) is 14.4 Å². The average molecular weight is 360 g/mol. The molecule has 0 radical (unpaired) electrons. The summed E-state index contributed by atoms with van der Waals surface area (Å²) in [5.74, 6) is -2.22. The molecule has 25 heavy (non-hydrogen) atoms. The normalized spacial score (nSPS) is 10.6. The van der Waals surface area contributed by atoms with E-state index in [0.29, 0.717) is 13.2 Å². The first kappa shape index (κ1) is 23.1. The third kappa shape index (κ3) is 16.7. The third-order valence-electron chi connectivity index (χ3n) is 2.85. The van der Waals surface area contributed by atoms with E-state index in [4.69, 9.17) is 18.9 Å². The fraction of sp³-hybridized carbons (Fsp3) is 0.706. The molecule has 0 saturated heterocycles. The van der Waals surface area contributed by atoms with Gasteiger partial charge in [0.05, 0.1) is 13.2 Å². The summed E-state index contributed by atoms with van der Waals surface area (Å²) < 4.78 is 24.2. The van der Waals surface area contributed by atoms with E-state index in [2.05, 4.69) is 11.7 Å². The number of unbranched alkanes of at least 4 members (excludes halogenated alkanes) is 3. The number of hydrogen-bond acceptors (Lipinski definition) is 8. The molecule has 0 bridgehead atoms. The Morgan fingerprint density at radius 2 is 1.44 bits per heavy atom. The zero-order valence-corrected chi connectivity index (χ0v) is 15.0. The van der Waals surface area contributed by atoms with Crippen molar-refractivity contribution in [3.63, 3.8) is 0 Å². The van der Waals surface area contributed by atoms with E-state index in [0.717, 1.165) is 25.0 Å². The van der Waals surface area contributed by atoms with E-state index in [-0.39, 0.29) is 19.8 Å². The first-order chi connectivity index (χ1) is 12.1. The largest absolute Gasteiger partial charge is 0.461 e. The second kappa shape index (κ2) is 16.9. The minimum absolute atomic E-state index is 0.0850. The van der Waals surface area contributed by atoms with Crippen molar-refractivity contribution in [2.45, 2.75) is 32.6 Å². The Morgan fingerprint density at radius 3 is 2.12 bits per heavy atom. The number of hydrogen-bond donors (Lipinski definition) is 0. The van der Waals surface area contributed by atoms with Gasteiger partial charge in [-0.1, -0.05) is 26.2 Å². The van der Waals surface area contributed by atoms with Gasteiger partial charge >= 0.3 is 17.9 Å². The first-order valence-corrected chi connectivity index (χ1v) is 8.34. The molecule has 0 aliphatic carbocycles. The predicted molar refractivity (Wildman–Crippen MR) is 88.9 cm³/mol. The van der Waals surface area contributed by atoms with Crippen molar-refractivity contribution in [1.29, 1.82) is 0 Å². The maximum Gasteiger partial charge on any atom is 0.344 e. The smallest absolute Gasteiger partial charge is 0.344 e. The van der Waals surface area contributed by atoms with Crippen LogP contribution in [-0.4, -0.2) is 64.7 Å². The van der Waals surface area contributed by atoms with E-state index in [1.807, 2.05) is 0 Å². The molecule has 8 heteroatoms. The zero-order valence-electron chi connectivity index (χ0n) is 15.0. The van der Waals surface area contributed by atoms with Gasteiger partial charge in [-0.3, -0.25) is 0 Å². The highest BCUT2D eigenvalue weighted by Gasteiger charge is 2.07. The third-order valence-corrected chi connectivity index (χ3v) is 2.85. The lowest BCUT2D eigenvalue weighted by molar-refractivity contribution is -0.157. The summed E-state index contributed by atoms with van der Waals surface area (Å²) in [7, 11) is 1.47. The first-order valence-electron chi connectivity index (χ1n) is 8.34. The molecule has 0 aliphatic rings. The number of ether oxygens (including phenoxy) is 5. The highest BCUT2D eigenvalue weighted by Crippen LogP contribution is 1.98. The van der Waals surface area contributed by atoms with Crippen LogP contribution in [0.1, 0.15) is 32.6 Å². The minimum Gasteiger partial charge on any atom is -0.461 e. The van der Waals surface area contributed by atoms with Crippen LogP contribution in [0.5, 0.6) is 0 Å². The Morgan fingerprint density at radius 1 is 0.760 bits per heavy atom. The van der Waals surface area contributed by atoms with Gasteiger partial charge in [0.15, 0.2) is 6.61 Å². The van der Waals surface area contributed by atoms with Gasteiger partial charge in [0.1, 0.15) is 13.2 Å². The fourth-order valence-electron chi connectivity index (χ4n) is 1.58. The van der Waals surface area contributed by atoms with Gasteiger partial charge in [-0.05, 0) is 6.42 Å². The molecule has 0 fully saturated rings. The maximum atomic E-state index is 11.3. The summed E-state index contributed by atoms with van der Waals surface area (Å²) in [6, 6.07) is 0. The second-order valence-electron chi connectivity index (χ2n) is 4.99. The molecule has 0 aromatic rings. The van der Waals surface area contributed by atoms with Crippen molar-refractivity contribution in [1.82, 2.24) is 0 Å². The highest BCUT2D eigenvalue weighted by molar-refractivity contribution is 5.92. The maximum absolute atomic E-state index is 11.3. The number of rotatable bonds is 15. The molecule has 8 nitrogen and oxygen atoms in total. The molecule has 0 saturated carbocycles. The Kier molecular flexibility index (Phi) is 15.6. The lowest BCUT2D eigenvalue weighted by atomic mass is 10.2. The molecular weight excluding hydrogens is 332 g/mol. The van der Waals surface area contributed by atoms with Gasteiger partial charge in [-0.15, -0.1) is 0 Å². The van der Waals surface area contributed by atoms with Crippen LogP contribution in [0.4, 0.5) is 0 Å². The van der Waals surface area contributed by atoms with E-state index in [1.54, 1.807) is 0 Å². The van der Waals surface area contributed by atoms with Gasteiger partial charge in [-0.2, -0.15) is 0 Å². The van der Waals surface area contributed by atoms with Crippen molar-refractivity contribution >= 4 is 17.9 Å². The molecule has 0 amide bonds. The van der Waals surface area contributed by atoms with Gasteiger partial charge in [-0.25, -0.2) is 14.4 Å². The SMILES string of the molecule is CCCCCCOCCOC(=O)COC(=O)/C=C/C(=O)OCCOC. The summed E-state index contributed by atoms with van der Waals surface area (Å²) in [4.78, 5) is 33.8. The van der Waals surface area contributed by atoms with Crippen molar-refractivity contribution in [2.24, 2.45) is 0 Å². The molecule has 0 aromatic carbocycles. The van der Waals surface area contributed by atoms with E-state index < -0.39 is 24.5 Å². The van der Waals surface area contributed by atoms with Gasteiger partial charge in [0.25, 0.3) is 0 Å². The molecular formula is C17H28O8. The van der Waals surface area contributed by atoms with E-state index in [1.165, 1.54) is 20.0 Å². The van der Waals surface area contributed by atoms with Crippen LogP contribution in [0.15, 0.2) is 12.2 Å². The standard InChI is InChI=1S/C17H28O8/c1-3-4-5-6-9-22-11-13-24-17(20)14-25-16(19)8-7-15(18)23-12-10-21-2/h7-8H,3-6,9-14H2,1-2H3/b8-7+. The molecule has 0 aromatic heterocycles. The summed E-state index contributed by atoms with van der Waals surface area (Å²) in [5.41, 5.74) is 0. The monoisotopic (exact) mass is 360 g/mol. The molecule has 0 atom stereocenters. The zero-order chi connectivity index (χ0) is 18.8. The molecule has 0 aliphatic heterocycles. The average Bonchev–Trinajstić information content (AvgIpc) is 2.60. The van der Waals surface area contributed by atoms with Gasteiger partial charge in [0, 0.05) is 25.9 Å². The molecule has 0 spiro atoms. The van der Waals surface area contributed by atoms with Crippen molar-refractivity contribution in [3.05, 3.63) is 12.2 Å². The number of carbonyl (C=O) groups is 3. The van der Waals surface area contributed by atoms with Crippen molar-refractivity contribution in [3.8, 4) is 0 Å². The van der Waals surface area contributed by atoms with Gasteiger partial charge in [0.2, 0.25) is 0 Å². The van der Waals surface area contributed by atoms with Crippen LogP contribution in [0.3, 0.4) is 0 Å². The number of carbonyl (C=O) groups excluding carboxylic acids is 3. The Bertz CT molecular complexity index is 405. The van der Waals surface area contributed by atoms with Crippen LogP contribution in [0.25, 0.3) is 0 Å². The van der Waals surface area contributed by atoms with E-state index >= 15 is 0 Å². The van der Waals surface area contributed by atoms with Crippen LogP contribution in [0.2, 0.25) is 0 Å². The quantitative estimate of drug-likeness (QED) is 0.187. The summed E-state index contributed by atoms with van der Waals surface area (Å²) in [6.07, 6.45) is 6.25. The minimum atomic E-state index is -0.840. The van der Waals surface area contributed by atoms with Crippen molar-refractivity contribution in [2.75, 3.05) is 46.8 Å². The fourth-order valence-corrected chi connectivity index (χ4v) is 1.58. The Hall–Kier alpha value is -1.93. The second-order valence-corrected chi connectivity index (χ2v) is 4.99. The predicted octanol–water partition coefficient (Wildman–Crippen LogP) is 1.42. The number of methoxy groups -OCH3 is 1. The van der Waals surface area contributed by atoms with Gasteiger partial charge < -0.3 is 23.7 Å². The van der Waals surface area contributed by atoms with Crippen LogP contribution < -0.4 is 0 Å². The lowest BCUT2D eigenvalue weighted by Crippen LogP contribution is -2.18. The summed E-state index contributed by atoms with van der Waals surface area (Å²) >= 11 is 0. The molecule has 0 rings (SSSR count). The summed E-state index contributed by atoms with van der Waals surface area (Å²) in [5, 5.41) is 0. The van der Waals surface area contributed by atoms with Crippen LogP contribution in [-0.2, 0) is 38.1 Å². The summed E-state index contributed by atoms with van der Waals surface area (Å²) in [6.45, 7) is 3.00. The Balaban J connectivity index is 3.60. The molecule has 0 unspecified atom stereocenters. The Labute approximate surface area is 148 Å². The van der Waals surface area contributed by atoms with Crippen molar-refractivity contribution < 1.29 is 38.1 Å². The van der Waals surface area contributed by atoms with Crippen LogP contribution in [0, 0.1) is 0 Å². The molecule has 0 heterocycles. The number of esters is 3. The van der Waals surface area contributed by atoms with Crippen LogP contribution >= 0.6 is 0 Å².